The van der Waals surface area contributed by atoms with Crippen LogP contribution in [0.2, 0.25) is 0 Å². The average molecular weight is 270 g/mol. The Balaban J connectivity index is 2.01. The van der Waals surface area contributed by atoms with E-state index in [-0.39, 0.29) is 16.4 Å². The Bertz CT molecular complexity index is 528. The largest absolute Gasteiger partial charge is 0.478 e. The predicted molar refractivity (Wildman–Crippen MR) is 64.1 cm³/mol. The SMILES string of the molecule is O=C(O)c1ccc(S(=O)(=O)COCC2CC2)cc1. The summed E-state index contributed by atoms with van der Waals surface area (Å²) in [4.78, 5) is 10.7. The summed E-state index contributed by atoms with van der Waals surface area (Å²) < 4.78 is 28.8. The minimum atomic E-state index is -3.49. The first-order valence-corrected chi connectivity index (χ1v) is 7.28. The molecule has 1 N–H and O–H groups in total. The van der Waals surface area contributed by atoms with Gasteiger partial charge in [-0.05, 0) is 43.0 Å². The summed E-state index contributed by atoms with van der Waals surface area (Å²) >= 11 is 0. The number of hydrogen-bond donors (Lipinski definition) is 1. The van der Waals surface area contributed by atoms with Gasteiger partial charge in [-0.15, -0.1) is 0 Å². The second kappa shape index (κ2) is 5.07. The van der Waals surface area contributed by atoms with Crippen molar-refractivity contribution in [3.63, 3.8) is 0 Å². The van der Waals surface area contributed by atoms with Crippen molar-refractivity contribution in [2.45, 2.75) is 17.7 Å². The monoisotopic (exact) mass is 270 g/mol. The minimum absolute atomic E-state index is 0.0628. The molecule has 0 bridgehead atoms. The van der Waals surface area contributed by atoms with Crippen LogP contribution in [0.15, 0.2) is 29.2 Å². The minimum Gasteiger partial charge on any atom is -0.478 e. The molecule has 0 saturated heterocycles. The molecule has 1 fully saturated rings. The molecule has 0 radical (unpaired) electrons. The van der Waals surface area contributed by atoms with Gasteiger partial charge in [0.1, 0.15) is 0 Å². The molecule has 5 nitrogen and oxygen atoms in total. The van der Waals surface area contributed by atoms with Gasteiger partial charge in [-0.1, -0.05) is 0 Å². The Morgan fingerprint density at radius 1 is 1.28 bits per heavy atom. The lowest BCUT2D eigenvalue weighted by Crippen LogP contribution is -2.11. The lowest BCUT2D eigenvalue weighted by Gasteiger charge is -2.05. The summed E-state index contributed by atoms with van der Waals surface area (Å²) in [7, 11) is -3.49. The first-order chi connectivity index (χ1) is 8.49. The molecule has 98 valence electrons. The van der Waals surface area contributed by atoms with Crippen LogP contribution in [0.25, 0.3) is 0 Å². The lowest BCUT2D eigenvalue weighted by atomic mass is 10.2. The Morgan fingerprint density at radius 3 is 2.39 bits per heavy atom. The molecule has 0 aliphatic heterocycles. The molecule has 1 aliphatic rings. The molecule has 0 aromatic heterocycles. The van der Waals surface area contributed by atoms with E-state index >= 15 is 0 Å². The Morgan fingerprint density at radius 2 is 1.89 bits per heavy atom. The van der Waals surface area contributed by atoms with Crippen molar-refractivity contribution in [1.29, 1.82) is 0 Å². The van der Waals surface area contributed by atoms with Crippen molar-refractivity contribution in [3.05, 3.63) is 29.8 Å². The summed E-state index contributed by atoms with van der Waals surface area (Å²) in [5.41, 5.74) is 0.0628. The first-order valence-electron chi connectivity index (χ1n) is 5.63. The Kier molecular flexibility index (Phi) is 3.68. The zero-order valence-electron chi connectivity index (χ0n) is 9.70. The fourth-order valence-electron chi connectivity index (χ4n) is 1.48. The molecule has 1 aromatic carbocycles. The highest BCUT2D eigenvalue weighted by molar-refractivity contribution is 7.91. The fraction of sp³-hybridized carbons (Fsp3) is 0.417. The topological polar surface area (TPSA) is 80.7 Å². The van der Waals surface area contributed by atoms with Gasteiger partial charge < -0.3 is 9.84 Å². The highest BCUT2D eigenvalue weighted by Gasteiger charge is 2.23. The molecule has 0 atom stereocenters. The maximum Gasteiger partial charge on any atom is 0.335 e. The van der Waals surface area contributed by atoms with Gasteiger partial charge in [0.15, 0.2) is 5.94 Å². The molecule has 1 aromatic rings. The zero-order chi connectivity index (χ0) is 13.2. The number of benzene rings is 1. The van der Waals surface area contributed by atoms with E-state index in [2.05, 4.69) is 0 Å². The van der Waals surface area contributed by atoms with E-state index in [1.54, 1.807) is 0 Å². The summed E-state index contributed by atoms with van der Waals surface area (Å²) in [6, 6.07) is 5.13. The molecule has 0 spiro atoms. The molecule has 0 amide bonds. The Labute approximate surface area is 105 Å². The number of rotatable bonds is 6. The zero-order valence-corrected chi connectivity index (χ0v) is 10.5. The summed E-state index contributed by atoms with van der Waals surface area (Å²) in [5, 5.41) is 8.71. The maximum atomic E-state index is 11.8. The van der Waals surface area contributed by atoms with Crippen LogP contribution >= 0.6 is 0 Å². The van der Waals surface area contributed by atoms with Crippen LogP contribution in [0, 0.1) is 5.92 Å². The predicted octanol–water partition coefficient (Wildman–Crippen LogP) is 1.54. The van der Waals surface area contributed by atoms with Crippen LogP contribution in [0.4, 0.5) is 0 Å². The van der Waals surface area contributed by atoms with E-state index in [9.17, 15) is 13.2 Å². The van der Waals surface area contributed by atoms with Crippen LogP contribution < -0.4 is 0 Å². The van der Waals surface area contributed by atoms with E-state index in [0.717, 1.165) is 12.8 Å². The molecule has 2 rings (SSSR count). The average Bonchev–Trinajstić information content (AvgIpc) is 3.13. The van der Waals surface area contributed by atoms with Gasteiger partial charge in [-0.25, -0.2) is 13.2 Å². The van der Waals surface area contributed by atoms with Gasteiger partial charge in [0.05, 0.1) is 17.1 Å². The van der Waals surface area contributed by atoms with Gasteiger partial charge in [0.25, 0.3) is 0 Å². The van der Waals surface area contributed by atoms with Crippen LogP contribution in [0.3, 0.4) is 0 Å². The fourth-order valence-corrected chi connectivity index (χ4v) is 2.48. The molecule has 6 heteroatoms. The molecular formula is C12H14O5S. The van der Waals surface area contributed by atoms with Crippen LogP contribution in [0.1, 0.15) is 23.2 Å². The lowest BCUT2D eigenvalue weighted by molar-refractivity contribution is 0.0697. The third-order valence-electron chi connectivity index (χ3n) is 2.75. The number of ether oxygens (including phenoxy) is 1. The van der Waals surface area contributed by atoms with Crippen molar-refractivity contribution >= 4 is 15.8 Å². The molecule has 1 saturated carbocycles. The van der Waals surface area contributed by atoms with Crippen molar-refractivity contribution in [2.24, 2.45) is 5.92 Å². The maximum absolute atomic E-state index is 11.8. The van der Waals surface area contributed by atoms with E-state index in [4.69, 9.17) is 9.84 Å². The van der Waals surface area contributed by atoms with Crippen molar-refractivity contribution in [3.8, 4) is 0 Å². The Hall–Kier alpha value is -1.40. The van der Waals surface area contributed by atoms with Crippen LogP contribution in [-0.4, -0.2) is 32.0 Å². The van der Waals surface area contributed by atoms with Crippen LogP contribution in [0.5, 0.6) is 0 Å². The first kappa shape index (κ1) is 13.0. The second-order valence-corrected chi connectivity index (χ2v) is 6.31. The third-order valence-corrected chi connectivity index (χ3v) is 4.22. The summed E-state index contributed by atoms with van der Waals surface area (Å²) in [6.07, 6.45) is 2.21. The van der Waals surface area contributed by atoms with Gasteiger partial charge in [0.2, 0.25) is 9.84 Å². The third kappa shape index (κ3) is 3.30. The van der Waals surface area contributed by atoms with Crippen LogP contribution in [-0.2, 0) is 14.6 Å². The van der Waals surface area contributed by atoms with Gasteiger partial charge in [-0.2, -0.15) is 0 Å². The standard InChI is InChI=1S/C12H14O5S/c13-12(14)10-3-5-11(6-4-10)18(15,16)8-17-7-9-1-2-9/h3-6,9H,1-2,7-8H2,(H,13,14). The highest BCUT2D eigenvalue weighted by Crippen LogP contribution is 2.29. The van der Waals surface area contributed by atoms with Crippen molar-refractivity contribution < 1.29 is 23.1 Å². The van der Waals surface area contributed by atoms with Gasteiger partial charge >= 0.3 is 5.97 Å². The van der Waals surface area contributed by atoms with E-state index < -0.39 is 15.8 Å². The molecule has 0 heterocycles. The van der Waals surface area contributed by atoms with Gasteiger partial charge in [0, 0.05) is 0 Å². The quantitative estimate of drug-likeness (QED) is 0.848. The van der Waals surface area contributed by atoms with Gasteiger partial charge in [-0.3, -0.25) is 0 Å². The molecule has 18 heavy (non-hydrogen) atoms. The second-order valence-electron chi connectivity index (χ2n) is 4.38. The number of sulfone groups is 1. The number of carboxylic acids is 1. The van der Waals surface area contributed by atoms with E-state index in [0.29, 0.717) is 12.5 Å². The molecule has 0 unspecified atom stereocenters. The molecule has 1 aliphatic carbocycles. The van der Waals surface area contributed by atoms with Crippen molar-refractivity contribution in [1.82, 2.24) is 0 Å². The van der Waals surface area contributed by atoms with E-state index in [1.165, 1.54) is 24.3 Å². The van der Waals surface area contributed by atoms with E-state index in [1.807, 2.05) is 0 Å². The number of hydrogen-bond acceptors (Lipinski definition) is 4. The normalized spacial score (nSPS) is 15.6. The number of carbonyl (C=O) groups is 1. The number of aromatic carboxylic acids is 1. The smallest absolute Gasteiger partial charge is 0.335 e. The van der Waals surface area contributed by atoms with Crippen molar-refractivity contribution in [2.75, 3.05) is 12.5 Å². The highest BCUT2D eigenvalue weighted by atomic mass is 32.2. The number of carboxylic acid groups (broad SMARTS) is 1. The molecular weight excluding hydrogens is 256 g/mol. The summed E-state index contributed by atoms with van der Waals surface area (Å²) in [5.74, 6) is -0.922. The summed E-state index contributed by atoms with van der Waals surface area (Å²) in [6.45, 7) is 0.479.